The molecule has 1 amide bonds. The van der Waals surface area contributed by atoms with Crippen LogP contribution >= 0.6 is 23.2 Å². The Hall–Kier alpha value is -1.82. The summed E-state index contributed by atoms with van der Waals surface area (Å²) in [4.78, 5) is 17.6. The first-order chi connectivity index (χ1) is 11.5. The van der Waals surface area contributed by atoms with Crippen LogP contribution in [0.5, 0.6) is 0 Å². The molecule has 1 aliphatic rings. The zero-order chi connectivity index (χ0) is 17.1. The lowest BCUT2D eigenvalue weighted by atomic mass is 10.00. The molecule has 1 aliphatic heterocycles. The van der Waals surface area contributed by atoms with E-state index in [-0.39, 0.29) is 0 Å². The van der Waals surface area contributed by atoms with Crippen molar-refractivity contribution >= 4 is 34.9 Å². The Kier molecular flexibility index (Phi) is 5.23. The van der Waals surface area contributed by atoms with Crippen LogP contribution in [0.3, 0.4) is 0 Å². The minimum Gasteiger partial charge on any atom is -0.368 e. The number of rotatable bonds is 5. The minimum absolute atomic E-state index is 0.301. The van der Waals surface area contributed by atoms with E-state index in [1.807, 2.05) is 12.1 Å². The Morgan fingerprint density at radius 2 is 2.17 bits per heavy atom. The maximum atomic E-state index is 11.1. The summed E-state index contributed by atoms with van der Waals surface area (Å²) >= 11 is 12.4. The summed E-state index contributed by atoms with van der Waals surface area (Å²) in [5.74, 6) is 0.0173. The second-order valence-corrected chi connectivity index (χ2v) is 6.56. The fourth-order valence-electron chi connectivity index (χ4n) is 2.85. The van der Waals surface area contributed by atoms with Gasteiger partial charge in [-0.15, -0.1) is 0 Å². The molecule has 0 saturated heterocycles. The average Bonchev–Trinajstić information content (AvgIpc) is 2.56. The number of fused-ring (bicyclic) bond motifs is 1. The maximum absolute atomic E-state index is 11.1. The van der Waals surface area contributed by atoms with Crippen molar-refractivity contribution in [3.8, 4) is 0 Å². The van der Waals surface area contributed by atoms with Crippen molar-refractivity contribution in [2.24, 2.45) is 5.73 Å². The van der Waals surface area contributed by atoms with E-state index in [0.29, 0.717) is 22.9 Å². The third-order valence-electron chi connectivity index (χ3n) is 4.13. The minimum atomic E-state index is -0.540. The molecule has 0 aliphatic carbocycles. The molecule has 24 heavy (non-hydrogen) atoms. The van der Waals surface area contributed by atoms with Gasteiger partial charge >= 0.3 is 0 Å². The van der Waals surface area contributed by atoms with Gasteiger partial charge in [-0.05, 0) is 29.7 Å². The lowest BCUT2D eigenvalue weighted by molar-refractivity contribution is 0.1000. The van der Waals surface area contributed by atoms with Crippen molar-refractivity contribution in [2.45, 2.75) is 13.0 Å². The molecular weight excluding hydrogens is 347 g/mol. The van der Waals surface area contributed by atoms with E-state index in [2.05, 4.69) is 21.3 Å². The zero-order valence-electron chi connectivity index (χ0n) is 13.1. The number of halogens is 2. The maximum Gasteiger partial charge on any atom is 0.250 e. The van der Waals surface area contributed by atoms with Crippen LogP contribution in [0.1, 0.15) is 21.5 Å². The predicted octanol–water partition coefficient (Wildman–Crippen LogP) is 2.96. The van der Waals surface area contributed by atoms with E-state index in [1.54, 1.807) is 0 Å². The third kappa shape index (κ3) is 3.80. The highest BCUT2D eigenvalue weighted by molar-refractivity contribution is 6.33. The Bertz CT molecular complexity index is 766. The molecule has 0 spiro atoms. The molecule has 3 N–H and O–H groups in total. The van der Waals surface area contributed by atoms with Crippen molar-refractivity contribution in [1.29, 1.82) is 0 Å². The number of nitrogens with two attached hydrogens (primary N) is 1. The van der Waals surface area contributed by atoms with E-state index in [4.69, 9.17) is 28.9 Å². The lowest BCUT2D eigenvalue weighted by Gasteiger charge is -2.29. The van der Waals surface area contributed by atoms with Crippen LogP contribution in [-0.2, 0) is 13.0 Å². The number of carbonyl (C=O) groups is 1. The molecule has 0 saturated carbocycles. The van der Waals surface area contributed by atoms with Crippen molar-refractivity contribution < 1.29 is 4.79 Å². The third-order valence-corrected chi connectivity index (χ3v) is 4.78. The molecule has 1 aromatic carbocycles. The topological polar surface area (TPSA) is 71.2 Å². The van der Waals surface area contributed by atoms with Gasteiger partial charge in [-0.25, -0.2) is 4.98 Å². The molecule has 0 unspecified atom stereocenters. The average molecular weight is 365 g/mol. The van der Waals surface area contributed by atoms with Crippen molar-refractivity contribution in [2.75, 3.05) is 25.0 Å². The number of anilines is 1. The van der Waals surface area contributed by atoms with Crippen LogP contribution in [0.25, 0.3) is 0 Å². The Balaban J connectivity index is 1.55. The predicted molar refractivity (Wildman–Crippen MR) is 96.7 cm³/mol. The summed E-state index contributed by atoms with van der Waals surface area (Å²) in [5.41, 5.74) is 8.05. The van der Waals surface area contributed by atoms with E-state index < -0.39 is 5.91 Å². The van der Waals surface area contributed by atoms with Gasteiger partial charge in [-0.2, -0.15) is 0 Å². The largest absolute Gasteiger partial charge is 0.368 e. The molecule has 0 bridgehead atoms. The molecule has 3 rings (SSSR count). The monoisotopic (exact) mass is 364 g/mol. The van der Waals surface area contributed by atoms with Crippen LogP contribution in [0.2, 0.25) is 10.0 Å². The van der Waals surface area contributed by atoms with Gasteiger partial charge in [0.25, 0.3) is 0 Å². The summed E-state index contributed by atoms with van der Waals surface area (Å²) in [7, 11) is 0. The molecule has 2 heterocycles. The van der Waals surface area contributed by atoms with Crippen LogP contribution < -0.4 is 11.1 Å². The van der Waals surface area contributed by atoms with Gasteiger partial charge in [0.05, 0.1) is 10.6 Å². The zero-order valence-corrected chi connectivity index (χ0v) is 14.6. The summed E-state index contributed by atoms with van der Waals surface area (Å²) < 4.78 is 0. The fourth-order valence-corrected chi connectivity index (χ4v) is 3.37. The first-order valence-electron chi connectivity index (χ1n) is 7.72. The number of benzene rings is 1. The summed E-state index contributed by atoms with van der Waals surface area (Å²) in [6, 6.07) is 7.59. The molecule has 126 valence electrons. The smallest absolute Gasteiger partial charge is 0.250 e. The van der Waals surface area contributed by atoms with Crippen LogP contribution in [-0.4, -0.2) is 35.4 Å². The molecule has 0 radical (unpaired) electrons. The molecule has 5 nitrogen and oxygen atoms in total. The van der Waals surface area contributed by atoms with E-state index in [9.17, 15) is 4.79 Å². The number of primary amides is 1. The normalized spacial score (nSPS) is 14.2. The van der Waals surface area contributed by atoms with E-state index in [1.165, 1.54) is 23.4 Å². The second-order valence-electron chi connectivity index (χ2n) is 5.75. The van der Waals surface area contributed by atoms with Crippen molar-refractivity contribution in [3.63, 3.8) is 0 Å². The first-order valence-corrected chi connectivity index (χ1v) is 8.48. The number of hydrogen-bond donors (Lipinski definition) is 2. The van der Waals surface area contributed by atoms with Gasteiger partial charge in [0, 0.05) is 37.4 Å². The van der Waals surface area contributed by atoms with Gasteiger partial charge < -0.3 is 11.1 Å². The molecule has 2 aromatic rings. The van der Waals surface area contributed by atoms with Gasteiger partial charge in [0.1, 0.15) is 5.82 Å². The highest BCUT2D eigenvalue weighted by Gasteiger charge is 2.17. The molecule has 1 aromatic heterocycles. The molecule has 0 atom stereocenters. The lowest BCUT2D eigenvalue weighted by Crippen LogP contribution is -2.34. The first kappa shape index (κ1) is 17.0. The number of nitrogens with zero attached hydrogens (tertiary/aromatic N) is 2. The summed E-state index contributed by atoms with van der Waals surface area (Å²) in [6.45, 7) is 3.43. The molecule has 7 heteroatoms. The quantitative estimate of drug-likeness (QED) is 0.855. The van der Waals surface area contributed by atoms with E-state index in [0.717, 1.165) is 31.1 Å². The van der Waals surface area contributed by atoms with Crippen molar-refractivity contribution in [3.05, 3.63) is 57.2 Å². The highest BCUT2D eigenvalue weighted by atomic mass is 35.5. The van der Waals surface area contributed by atoms with Gasteiger partial charge in [0.2, 0.25) is 5.91 Å². The standard InChI is InChI=1S/C17H18Cl2N4O/c18-14-3-1-2-11-10-23(6-4-13(11)14)7-5-21-17-15(19)8-12(9-22-17)16(20)24/h1-3,8-9H,4-7,10H2,(H2,20,24)(H,21,22). The summed E-state index contributed by atoms with van der Waals surface area (Å²) in [5, 5.41) is 4.45. The highest BCUT2D eigenvalue weighted by Crippen LogP contribution is 2.26. The Morgan fingerprint density at radius 3 is 2.92 bits per heavy atom. The van der Waals surface area contributed by atoms with E-state index >= 15 is 0 Å². The number of pyridine rings is 1. The SMILES string of the molecule is NC(=O)c1cnc(NCCN2CCc3c(Cl)cccc3C2)c(Cl)c1. The molecular formula is C17H18Cl2N4O. The summed E-state index contributed by atoms with van der Waals surface area (Å²) in [6.07, 6.45) is 2.39. The Labute approximate surface area is 150 Å². The number of carbonyl (C=O) groups excluding carboxylic acids is 1. The fraction of sp³-hybridized carbons (Fsp3) is 0.294. The number of aromatic nitrogens is 1. The van der Waals surface area contributed by atoms with Gasteiger partial charge in [-0.1, -0.05) is 35.3 Å². The molecule has 0 fully saturated rings. The number of hydrogen-bond acceptors (Lipinski definition) is 4. The van der Waals surface area contributed by atoms with Crippen LogP contribution in [0.15, 0.2) is 30.5 Å². The number of nitrogens with one attached hydrogen (secondary N) is 1. The van der Waals surface area contributed by atoms with Crippen LogP contribution in [0, 0.1) is 0 Å². The van der Waals surface area contributed by atoms with Gasteiger partial charge in [0.15, 0.2) is 0 Å². The van der Waals surface area contributed by atoms with Crippen LogP contribution in [0.4, 0.5) is 5.82 Å². The second kappa shape index (κ2) is 7.38. The number of amides is 1. The van der Waals surface area contributed by atoms with Crippen molar-refractivity contribution in [1.82, 2.24) is 9.88 Å². The Morgan fingerprint density at radius 1 is 1.33 bits per heavy atom. The van der Waals surface area contributed by atoms with Gasteiger partial charge in [-0.3, -0.25) is 9.69 Å².